The second-order valence-electron chi connectivity index (χ2n) is 5.61. The molecule has 0 atom stereocenters. The summed E-state index contributed by atoms with van der Waals surface area (Å²) >= 11 is 0. The first kappa shape index (κ1) is 11.4. The Hall–Kier alpha value is -0.120. The maximum Gasteiger partial charge on any atom is 0.0542 e. The second kappa shape index (κ2) is 4.81. The van der Waals surface area contributed by atoms with E-state index in [2.05, 4.69) is 11.8 Å². The quantitative estimate of drug-likeness (QED) is 0.716. The smallest absolute Gasteiger partial charge is 0.0542 e. The van der Waals surface area contributed by atoms with Crippen molar-refractivity contribution in [2.45, 2.75) is 26.2 Å². The van der Waals surface area contributed by atoms with Crippen LogP contribution in [0.4, 0.5) is 0 Å². The van der Waals surface area contributed by atoms with Crippen LogP contribution in [0.1, 0.15) is 26.2 Å². The zero-order valence-corrected chi connectivity index (χ0v) is 9.87. The maximum atomic E-state index is 5.53. The van der Waals surface area contributed by atoms with Crippen molar-refractivity contribution < 1.29 is 4.74 Å². The number of likely N-dealkylation sites (tertiary alicyclic amines) is 1. The van der Waals surface area contributed by atoms with Crippen LogP contribution >= 0.6 is 0 Å². The largest absolute Gasteiger partial charge is 0.380 e. The number of ether oxygens (including phenoxy) is 1. The first-order valence-electron chi connectivity index (χ1n) is 6.22. The molecule has 3 heteroatoms. The van der Waals surface area contributed by atoms with E-state index < -0.39 is 0 Å². The van der Waals surface area contributed by atoms with E-state index in [9.17, 15) is 0 Å². The summed E-state index contributed by atoms with van der Waals surface area (Å²) in [5, 5.41) is 0. The van der Waals surface area contributed by atoms with Gasteiger partial charge in [0.2, 0.25) is 0 Å². The van der Waals surface area contributed by atoms with Gasteiger partial charge in [-0.05, 0) is 38.3 Å². The summed E-state index contributed by atoms with van der Waals surface area (Å²) in [6.07, 6.45) is 3.86. The van der Waals surface area contributed by atoms with Crippen molar-refractivity contribution in [2.24, 2.45) is 17.1 Å². The molecule has 2 aliphatic heterocycles. The molecule has 2 fully saturated rings. The Morgan fingerprint density at radius 2 is 2.13 bits per heavy atom. The maximum absolute atomic E-state index is 5.53. The van der Waals surface area contributed by atoms with Crippen LogP contribution in [-0.2, 0) is 4.74 Å². The minimum absolute atomic E-state index is 0.502. The lowest BCUT2D eigenvalue weighted by molar-refractivity contribution is -0.107. The number of hydrogen-bond acceptors (Lipinski definition) is 3. The molecule has 0 aromatic heterocycles. The van der Waals surface area contributed by atoms with E-state index in [-0.39, 0.29) is 0 Å². The molecule has 0 unspecified atom stereocenters. The number of rotatable bonds is 6. The van der Waals surface area contributed by atoms with Gasteiger partial charge < -0.3 is 15.4 Å². The van der Waals surface area contributed by atoms with Gasteiger partial charge in [0.1, 0.15) is 0 Å². The molecule has 0 aliphatic carbocycles. The van der Waals surface area contributed by atoms with E-state index in [4.69, 9.17) is 10.5 Å². The summed E-state index contributed by atoms with van der Waals surface area (Å²) < 4.78 is 5.26. The standard InChI is InChI=1S/C12H24N2O/c1-12(9-15-10-12)4-2-6-14-7-11(8-14)3-5-13/h11H,2-10,13H2,1H3. The van der Waals surface area contributed by atoms with E-state index in [1.807, 2.05) is 0 Å². The van der Waals surface area contributed by atoms with Gasteiger partial charge in [-0.2, -0.15) is 0 Å². The first-order chi connectivity index (χ1) is 7.22. The van der Waals surface area contributed by atoms with Gasteiger partial charge in [0.15, 0.2) is 0 Å². The molecule has 2 N–H and O–H groups in total. The van der Waals surface area contributed by atoms with Crippen molar-refractivity contribution in [1.82, 2.24) is 4.90 Å². The second-order valence-corrected chi connectivity index (χ2v) is 5.61. The highest BCUT2D eigenvalue weighted by molar-refractivity contribution is 4.83. The fourth-order valence-corrected chi connectivity index (χ4v) is 2.60. The van der Waals surface area contributed by atoms with Crippen LogP contribution < -0.4 is 5.73 Å². The van der Waals surface area contributed by atoms with Crippen molar-refractivity contribution in [3.05, 3.63) is 0 Å². The molecule has 2 heterocycles. The predicted octanol–water partition coefficient (Wildman–Crippen LogP) is 1.08. The molecular weight excluding hydrogens is 188 g/mol. The lowest BCUT2D eigenvalue weighted by Crippen LogP contribution is -2.48. The van der Waals surface area contributed by atoms with Gasteiger partial charge in [-0.25, -0.2) is 0 Å². The normalized spacial score (nSPS) is 26.0. The molecule has 15 heavy (non-hydrogen) atoms. The van der Waals surface area contributed by atoms with E-state index in [0.29, 0.717) is 5.41 Å². The summed E-state index contributed by atoms with van der Waals surface area (Å²) in [6.45, 7) is 8.98. The van der Waals surface area contributed by atoms with Gasteiger partial charge in [0, 0.05) is 18.5 Å². The molecule has 0 radical (unpaired) electrons. The Balaban J connectivity index is 1.49. The minimum Gasteiger partial charge on any atom is -0.380 e. The van der Waals surface area contributed by atoms with Crippen LogP contribution in [0.5, 0.6) is 0 Å². The monoisotopic (exact) mass is 212 g/mol. The summed E-state index contributed by atoms with van der Waals surface area (Å²) in [6, 6.07) is 0. The predicted molar refractivity (Wildman–Crippen MR) is 61.8 cm³/mol. The molecule has 2 saturated heterocycles. The first-order valence-corrected chi connectivity index (χ1v) is 6.22. The summed E-state index contributed by atoms with van der Waals surface area (Å²) in [5.74, 6) is 0.887. The van der Waals surface area contributed by atoms with Gasteiger partial charge in [-0.15, -0.1) is 0 Å². The molecule has 3 nitrogen and oxygen atoms in total. The summed E-state index contributed by atoms with van der Waals surface area (Å²) in [7, 11) is 0. The van der Waals surface area contributed by atoms with E-state index in [0.717, 1.165) is 25.7 Å². The van der Waals surface area contributed by atoms with Crippen LogP contribution in [0.3, 0.4) is 0 Å². The average molecular weight is 212 g/mol. The average Bonchev–Trinajstić information content (AvgIpc) is 2.11. The molecule has 0 saturated carbocycles. The van der Waals surface area contributed by atoms with Crippen LogP contribution in [-0.4, -0.2) is 44.3 Å². The minimum atomic E-state index is 0.502. The zero-order valence-electron chi connectivity index (χ0n) is 9.87. The van der Waals surface area contributed by atoms with Crippen molar-refractivity contribution in [1.29, 1.82) is 0 Å². The highest BCUT2D eigenvalue weighted by Gasteiger charge is 2.33. The molecule has 0 aromatic carbocycles. The van der Waals surface area contributed by atoms with Crippen molar-refractivity contribution in [3.63, 3.8) is 0 Å². The van der Waals surface area contributed by atoms with Crippen molar-refractivity contribution in [2.75, 3.05) is 39.4 Å². The summed E-state index contributed by atoms with van der Waals surface area (Å²) in [5.41, 5.74) is 6.04. The highest BCUT2D eigenvalue weighted by atomic mass is 16.5. The van der Waals surface area contributed by atoms with Crippen LogP contribution in [0.2, 0.25) is 0 Å². The van der Waals surface area contributed by atoms with E-state index in [1.54, 1.807) is 0 Å². The third-order valence-corrected chi connectivity index (χ3v) is 3.76. The van der Waals surface area contributed by atoms with Crippen molar-refractivity contribution >= 4 is 0 Å². The lowest BCUT2D eigenvalue weighted by Gasteiger charge is -2.41. The number of nitrogens with zero attached hydrogens (tertiary/aromatic N) is 1. The van der Waals surface area contributed by atoms with Gasteiger partial charge in [-0.1, -0.05) is 6.92 Å². The number of hydrogen-bond donors (Lipinski definition) is 1. The Labute approximate surface area is 93.0 Å². The van der Waals surface area contributed by atoms with Gasteiger partial charge >= 0.3 is 0 Å². The topological polar surface area (TPSA) is 38.5 Å². The molecule has 0 amide bonds. The Kier molecular flexibility index (Phi) is 3.65. The fraction of sp³-hybridized carbons (Fsp3) is 1.00. The molecule has 2 aliphatic rings. The molecule has 0 aromatic rings. The SMILES string of the molecule is CC1(CCCN2CC(CCN)C2)COC1. The van der Waals surface area contributed by atoms with Crippen LogP contribution in [0.25, 0.3) is 0 Å². The molecule has 0 bridgehead atoms. The highest BCUT2D eigenvalue weighted by Crippen LogP contribution is 2.32. The fourth-order valence-electron chi connectivity index (χ4n) is 2.60. The zero-order chi connectivity index (χ0) is 10.7. The van der Waals surface area contributed by atoms with Gasteiger partial charge in [-0.3, -0.25) is 0 Å². The van der Waals surface area contributed by atoms with E-state index >= 15 is 0 Å². The van der Waals surface area contributed by atoms with Gasteiger partial charge in [0.05, 0.1) is 13.2 Å². The number of nitrogens with two attached hydrogens (primary N) is 1. The van der Waals surface area contributed by atoms with Gasteiger partial charge in [0.25, 0.3) is 0 Å². The Morgan fingerprint density at radius 3 is 2.67 bits per heavy atom. The van der Waals surface area contributed by atoms with Crippen LogP contribution in [0, 0.1) is 11.3 Å². The third kappa shape index (κ3) is 2.92. The molecule has 88 valence electrons. The molecule has 0 spiro atoms. The third-order valence-electron chi connectivity index (χ3n) is 3.76. The van der Waals surface area contributed by atoms with E-state index in [1.165, 1.54) is 38.9 Å². The van der Waals surface area contributed by atoms with Crippen LogP contribution in [0.15, 0.2) is 0 Å². The lowest BCUT2D eigenvalue weighted by atomic mass is 9.83. The van der Waals surface area contributed by atoms with Crippen molar-refractivity contribution in [3.8, 4) is 0 Å². The molecule has 2 rings (SSSR count). The summed E-state index contributed by atoms with van der Waals surface area (Å²) in [4.78, 5) is 2.56. The Morgan fingerprint density at radius 1 is 1.40 bits per heavy atom. The Bertz CT molecular complexity index is 198. The molecular formula is C12H24N2O.